The largest absolute Gasteiger partial charge is 0.493 e. The van der Waals surface area contributed by atoms with E-state index in [2.05, 4.69) is 4.98 Å². The van der Waals surface area contributed by atoms with E-state index in [0.717, 1.165) is 0 Å². The van der Waals surface area contributed by atoms with Crippen LogP contribution >= 0.6 is 0 Å². The molecule has 5 nitrogen and oxygen atoms in total. The van der Waals surface area contributed by atoms with Gasteiger partial charge in [-0.15, -0.1) is 0 Å². The lowest BCUT2D eigenvalue weighted by molar-refractivity contribution is 0.0661. The van der Waals surface area contributed by atoms with Crippen LogP contribution in [0.4, 0.5) is 0 Å². The van der Waals surface area contributed by atoms with Crippen LogP contribution in [0.3, 0.4) is 0 Å². The molecule has 0 aliphatic rings. The number of carboxylic acids is 1. The highest BCUT2D eigenvalue weighted by Crippen LogP contribution is 2.32. The maximum absolute atomic E-state index is 11.2. The van der Waals surface area contributed by atoms with Crippen LogP contribution in [-0.4, -0.2) is 22.7 Å². The van der Waals surface area contributed by atoms with Gasteiger partial charge in [-0.25, -0.2) is 9.78 Å². The van der Waals surface area contributed by atoms with Gasteiger partial charge in [0.2, 0.25) is 11.7 Å². The van der Waals surface area contributed by atoms with Gasteiger partial charge >= 0.3 is 5.97 Å². The van der Waals surface area contributed by atoms with Crippen LogP contribution in [0, 0.1) is 0 Å². The van der Waals surface area contributed by atoms with Crippen molar-refractivity contribution >= 4 is 5.97 Å². The summed E-state index contributed by atoms with van der Waals surface area (Å²) in [5.74, 6) is -0.348. The van der Waals surface area contributed by atoms with Crippen LogP contribution < -0.4 is 4.74 Å². The fourth-order valence-electron chi connectivity index (χ4n) is 1.92. The third-order valence-electron chi connectivity index (χ3n) is 2.81. The molecule has 0 atom stereocenters. The topological polar surface area (TPSA) is 72.6 Å². The smallest absolute Gasteiger partial charge is 0.373 e. The molecular weight excluding hydrogens is 258 g/mol. The fraction of sp³-hybridized carbons (Fsp3) is 0.333. The molecule has 0 saturated carbocycles. The van der Waals surface area contributed by atoms with Crippen LogP contribution in [0.5, 0.6) is 5.75 Å². The van der Waals surface area contributed by atoms with Crippen molar-refractivity contribution in [3.8, 4) is 17.2 Å². The van der Waals surface area contributed by atoms with E-state index in [1.54, 1.807) is 12.1 Å². The Morgan fingerprint density at radius 2 is 2.10 bits per heavy atom. The Morgan fingerprint density at radius 3 is 2.65 bits per heavy atom. The normalized spacial score (nSPS) is 10.8. The number of oxazole rings is 1. The van der Waals surface area contributed by atoms with Crippen molar-refractivity contribution in [2.75, 3.05) is 6.61 Å². The molecule has 0 saturated heterocycles. The molecule has 106 valence electrons. The van der Waals surface area contributed by atoms with Gasteiger partial charge in [0.25, 0.3) is 0 Å². The maximum Gasteiger partial charge on any atom is 0.373 e. The lowest BCUT2D eigenvalue weighted by atomic mass is 10.1. The molecule has 0 aliphatic heterocycles. The third-order valence-corrected chi connectivity index (χ3v) is 2.81. The minimum atomic E-state index is -1.11. The van der Waals surface area contributed by atoms with E-state index in [9.17, 15) is 9.90 Å². The van der Waals surface area contributed by atoms with E-state index in [4.69, 9.17) is 9.15 Å². The van der Waals surface area contributed by atoms with Crippen molar-refractivity contribution in [1.29, 1.82) is 0 Å². The van der Waals surface area contributed by atoms with Crippen molar-refractivity contribution in [3.05, 3.63) is 35.7 Å². The highest BCUT2D eigenvalue weighted by molar-refractivity contribution is 5.86. The minimum absolute atomic E-state index is 0.0298. The maximum atomic E-state index is 11.2. The number of ether oxygens (including phenoxy) is 1. The number of rotatable bonds is 5. The van der Waals surface area contributed by atoms with Gasteiger partial charge in [-0.3, -0.25) is 0 Å². The summed E-state index contributed by atoms with van der Waals surface area (Å²) in [6, 6.07) is 7.28. The number of para-hydroxylation sites is 1. The average Bonchev–Trinajstić information content (AvgIpc) is 2.85. The molecule has 5 heteroatoms. The summed E-state index contributed by atoms with van der Waals surface area (Å²) >= 11 is 0. The number of aromatic nitrogens is 1. The quantitative estimate of drug-likeness (QED) is 0.903. The Kier molecular flexibility index (Phi) is 4.08. The number of hydrogen-bond acceptors (Lipinski definition) is 4. The molecule has 0 bridgehead atoms. The Bertz CT molecular complexity index is 616. The van der Waals surface area contributed by atoms with Crippen LogP contribution in [0.2, 0.25) is 0 Å². The number of aromatic carboxylic acids is 1. The van der Waals surface area contributed by atoms with Crippen LogP contribution in [-0.2, 0) is 0 Å². The monoisotopic (exact) mass is 275 g/mol. The molecule has 1 aromatic heterocycles. The number of benzene rings is 1. The van der Waals surface area contributed by atoms with E-state index >= 15 is 0 Å². The first-order valence-electron chi connectivity index (χ1n) is 6.50. The van der Waals surface area contributed by atoms with Crippen molar-refractivity contribution in [2.24, 2.45) is 0 Å². The Labute approximate surface area is 117 Å². The summed E-state index contributed by atoms with van der Waals surface area (Å²) in [6.45, 7) is 6.15. The molecule has 20 heavy (non-hydrogen) atoms. The van der Waals surface area contributed by atoms with Gasteiger partial charge in [0.1, 0.15) is 5.75 Å². The van der Waals surface area contributed by atoms with Crippen molar-refractivity contribution in [3.63, 3.8) is 0 Å². The van der Waals surface area contributed by atoms with Crippen molar-refractivity contribution < 1.29 is 19.1 Å². The van der Waals surface area contributed by atoms with Crippen molar-refractivity contribution in [2.45, 2.75) is 26.7 Å². The summed E-state index contributed by atoms with van der Waals surface area (Å²) in [5.41, 5.74) is 1.10. The third kappa shape index (κ3) is 2.66. The average molecular weight is 275 g/mol. The zero-order chi connectivity index (χ0) is 14.7. The number of carbonyl (C=O) groups is 1. The van der Waals surface area contributed by atoms with Gasteiger partial charge in [-0.2, -0.15) is 0 Å². The first-order valence-corrected chi connectivity index (χ1v) is 6.50. The number of hydrogen-bond donors (Lipinski definition) is 1. The highest BCUT2D eigenvalue weighted by Gasteiger charge is 2.23. The lowest BCUT2D eigenvalue weighted by Gasteiger charge is -2.06. The van der Waals surface area contributed by atoms with Gasteiger partial charge < -0.3 is 14.3 Å². The number of carboxylic acid groups (broad SMARTS) is 1. The van der Waals surface area contributed by atoms with Gasteiger partial charge in [0.05, 0.1) is 17.9 Å². The Morgan fingerprint density at radius 1 is 1.40 bits per heavy atom. The van der Waals surface area contributed by atoms with Crippen LogP contribution in [0.25, 0.3) is 11.5 Å². The molecular formula is C15H17NO4. The first kappa shape index (κ1) is 14.1. The van der Waals surface area contributed by atoms with E-state index in [1.807, 2.05) is 32.9 Å². The molecule has 0 aliphatic carbocycles. The molecule has 1 heterocycles. The van der Waals surface area contributed by atoms with Crippen LogP contribution in [0.1, 0.15) is 42.9 Å². The predicted molar refractivity (Wildman–Crippen MR) is 74.2 cm³/mol. The van der Waals surface area contributed by atoms with Gasteiger partial charge in [0, 0.05) is 0 Å². The van der Waals surface area contributed by atoms with Gasteiger partial charge in [0.15, 0.2) is 0 Å². The summed E-state index contributed by atoms with van der Waals surface area (Å²) in [6.07, 6.45) is 0. The van der Waals surface area contributed by atoms with Crippen LogP contribution in [0.15, 0.2) is 28.7 Å². The zero-order valence-electron chi connectivity index (χ0n) is 11.7. The van der Waals surface area contributed by atoms with Crippen molar-refractivity contribution in [1.82, 2.24) is 4.98 Å². The van der Waals surface area contributed by atoms with E-state index in [0.29, 0.717) is 23.6 Å². The predicted octanol–water partition coefficient (Wildman–Crippen LogP) is 3.56. The van der Waals surface area contributed by atoms with Gasteiger partial charge in [-0.05, 0) is 25.0 Å². The zero-order valence-corrected chi connectivity index (χ0v) is 11.7. The first-order chi connectivity index (χ1) is 9.54. The standard InChI is InChI=1S/C15H17NO4/c1-4-19-11-8-6-5-7-10(11)14-16-12(9(2)3)13(20-14)15(17)18/h5-9H,4H2,1-3H3,(H,17,18). The second-order valence-electron chi connectivity index (χ2n) is 4.62. The molecule has 2 rings (SSSR count). The lowest BCUT2D eigenvalue weighted by Crippen LogP contribution is -2.01. The second-order valence-corrected chi connectivity index (χ2v) is 4.62. The SMILES string of the molecule is CCOc1ccccc1-c1nc(C(C)C)c(C(=O)O)o1. The minimum Gasteiger partial charge on any atom is -0.493 e. The summed E-state index contributed by atoms with van der Waals surface area (Å²) in [5, 5.41) is 9.18. The van der Waals surface area contributed by atoms with E-state index < -0.39 is 5.97 Å². The highest BCUT2D eigenvalue weighted by atomic mass is 16.5. The molecule has 0 unspecified atom stereocenters. The fourth-order valence-corrected chi connectivity index (χ4v) is 1.92. The van der Waals surface area contributed by atoms with Gasteiger partial charge in [-0.1, -0.05) is 26.0 Å². The molecule has 2 aromatic rings. The molecule has 0 fully saturated rings. The van der Waals surface area contributed by atoms with E-state index in [-0.39, 0.29) is 17.6 Å². The Balaban J connectivity index is 2.53. The molecule has 1 N–H and O–H groups in total. The summed E-state index contributed by atoms with van der Waals surface area (Å²) in [7, 11) is 0. The van der Waals surface area contributed by atoms with E-state index in [1.165, 1.54) is 0 Å². The summed E-state index contributed by atoms with van der Waals surface area (Å²) < 4.78 is 10.9. The molecule has 1 aromatic carbocycles. The second kappa shape index (κ2) is 5.77. The summed E-state index contributed by atoms with van der Waals surface area (Å²) in [4.78, 5) is 15.5. The Hall–Kier alpha value is -2.30. The molecule has 0 amide bonds. The molecule has 0 radical (unpaired) electrons. The molecule has 0 spiro atoms. The number of nitrogens with zero attached hydrogens (tertiary/aromatic N) is 1.